The van der Waals surface area contributed by atoms with Crippen LogP contribution >= 0.6 is 0 Å². The average molecular weight is 460 g/mol. The summed E-state index contributed by atoms with van der Waals surface area (Å²) in [5.41, 5.74) is 3.60. The third kappa shape index (κ3) is 3.14. The molecule has 174 valence electrons. The van der Waals surface area contributed by atoms with Gasteiger partial charge in [0.15, 0.2) is 0 Å². The maximum absolute atomic E-state index is 13.4. The fraction of sp³-hybridized carbons (Fsp3) is 0.370. The van der Waals surface area contributed by atoms with E-state index in [1.165, 1.54) is 17.7 Å². The lowest BCUT2D eigenvalue weighted by atomic mass is 9.61. The van der Waals surface area contributed by atoms with Crippen molar-refractivity contribution >= 4 is 12.0 Å². The van der Waals surface area contributed by atoms with E-state index in [1.807, 2.05) is 10.9 Å². The Morgan fingerprint density at radius 2 is 2.00 bits per heavy atom. The van der Waals surface area contributed by atoms with Gasteiger partial charge < -0.3 is 10.2 Å². The summed E-state index contributed by atoms with van der Waals surface area (Å²) in [6, 6.07) is 9.52. The molecule has 2 saturated carbocycles. The van der Waals surface area contributed by atoms with Gasteiger partial charge in [0.05, 0.1) is 34.4 Å². The standard InChI is InChI=1S/C27H26FN3O3/c28-20-5-7-21(8-6-20)31-24-14-19-9-11-26(34,12-10-23-22(25(32)33)2-1-13-29-23)27(19,18-3-4-18)15-17(24)16-30-31/h1-2,5-8,13-14,16,18,34H,3-4,9-12,15H2,(H,32,33)/t26-,27-/m1/s1. The molecule has 0 saturated heterocycles. The lowest BCUT2D eigenvalue weighted by Gasteiger charge is -2.46. The largest absolute Gasteiger partial charge is 0.478 e. The van der Waals surface area contributed by atoms with E-state index in [0.717, 1.165) is 36.2 Å². The van der Waals surface area contributed by atoms with Crippen molar-refractivity contribution < 1.29 is 19.4 Å². The summed E-state index contributed by atoms with van der Waals surface area (Å²) in [5.74, 6) is -0.860. The van der Waals surface area contributed by atoms with Gasteiger partial charge in [-0.15, -0.1) is 0 Å². The number of fused-ring (bicyclic) bond motifs is 2. The smallest absolute Gasteiger partial charge is 0.337 e. The second-order valence-corrected chi connectivity index (χ2v) is 9.87. The number of carboxylic acid groups (broad SMARTS) is 1. The van der Waals surface area contributed by atoms with Crippen molar-refractivity contribution in [1.82, 2.24) is 14.8 Å². The molecule has 6 nitrogen and oxygen atoms in total. The van der Waals surface area contributed by atoms with Crippen molar-refractivity contribution in [1.29, 1.82) is 0 Å². The van der Waals surface area contributed by atoms with Crippen LogP contribution < -0.4 is 0 Å². The molecule has 3 aliphatic carbocycles. The SMILES string of the molecule is O=C(O)c1cccnc1CC[C@]1(O)CCC2=Cc3c(cnn3-c3ccc(F)cc3)C[C@@]21C1CC1. The van der Waals surface area contributed by atoms with Crippen molar-refractivity contribution in [2.75, 3.05) is 0 Å². The van der Waals surface area contributed by atoms with Crippen LogP contribution in [0.2, 0.25) is 0 Å². The van der Waals surface area contributed by atoms with Gasteiger partial charge >= 0.3 is 5.97 Å². The van der Waals surface area contributed by atoms with Gasteiger partial charge in [0.1, 0.15) is 5.82 Å². The average Bonchev–Trinajstić information content (AvgIpc) is 3.56. The first kappa shape index (κ1) is 21.2. The fourth-order valence-electron chi connectivity index (χ4n) is 6.37. The van der Waals surface area contributed by atoms with Gasteiger partial charge in [-0.2, -0.15) is 5.10 Å². The zero-order valence-corrected chi connectivity index (χ0v) is 18.7. The van der Waals surface area contributed by atoms with Gasteiger partial charge in [0.2, 0.25) is 0 Å². The highest BCUT2D eigenvalue weighted by atomic mass is 19.1. The van der Waals surface area contributed by atoms with E-state index in [0.29, 0.717) is 37.3 Å². The molecule has 0 amide bonds. The number of aromatic nitrogens is 3. The lowest BCUT2D eigenvalue weighted by Crippen LogP contribution is -2.49. The molecule has 2 N–H and O–H groups in total. The van der Waals surface area contributed by atoms with Crippen LogP contribution in [0.3, 0.4) is 0 Å². The topological polar surface area (TPSA) is 88.2 Å². The van der Waals surface area contributed by atoms with Gasteiger partial charge in [-0.05, 0) is 98.9 Å². The highest BCUT2D eigenvalue weighted by Gasteiger charge is 2.63. The third-order valence-corrected chi connectivity index (χ3v) is 8.12. The molecular formula is C27H26FN3O3. The molecule has 2 aromatic heterocycles. The minimum absolute atomic E-state index is 0.201. The van der Waals surface area contributed by atoms with Crippen molar-refractivity contribution in [2.45, 2.75) is 50.5 Å². The summed E-state index contributed by atoms with van der Waals surface area (Å²) in [4.78, 5) is 16.0. The monoisotopic (exact) mass is 459 g/mol. The van der Waals surface area contributed by atoms with E-state index in [1.54, 1.807) is 30.5 Å². The van der Waals surface area contributed by atoms with Gasteiger partial charge in [-0.3, -0.25) is 4.98 Å². The Balaban J connectivity index is 1.35. The fourth-order valence-corrected chi connectivity index (χ4v) is 6.37. The molecule has 34 heavy (non-hydrogen) atoms. The quantitative estimate of drug-likeness (QED) is 0.563. The van der Waals surface area contributed by atoms with Crippen molar-refractivity contribution in [2.24, 2.45) is 11.3 Å². The highest BCUT2D eigenvalue weighted by molar-refractivity contribution is 5.88. The van der Waals surface area contributed by atoms with Crippen LogP contribution in [0.4, 0.5) is 4.39 Å². The lowest BCUT2D eigenvalue weighted by molar-refractivity contribution is -0.0662. The normalized spacial score (nSPS) is 25.5. The number of hydrogen-bond acceptors (Lipinski definition) is 4. The van der Waals surface area contributed by atoms with Crippen LogP contribution in [0.5, 0.6) is 0 Å². The summed E-state index contributed by atoms with van der Waals surface area (Å²) in [7, 11) is 0. The maximum atomic E-state index is 13.4. The van der Waals surface area contributed by atoms with Crippen LogP contribution in [-0.2, 0) is 12.8 Å². The second-order valence-electron chi connectivity index (χ2n) is 9.87. The summed E-state index contributed by atoms with van der Waals surface area (Å²) >= 11 is 0. The third-order valence-electron chi connectivity index (χ3n) is 8.12. The maximum Gasteiger partial charge on any atom is 0.337 e. The number of aliphatic hydroxyl groups is 1. The molecule has 1 aromatic carbocycles. The Morgan fingerprint density at radius 3 is 2.74 bits per heavy atom. The molecule has 2 fully saturated rings. The van der Waals surface area contributed by atoms with Crippen molar-refractivity contribution in [3.63, 3.8) is 0 Å². The molecule has 0 unspecified atom stereocenters. The molecule has 7 heteroatoms. The summed E-state index contributed by atoms with van der Waals surface area (Å²) in [6.45, 7) is 0. The van der Waals surface area contributed by atoms with Gasteiger partial charge in [-0.25, -0.2) is 13.9 Å². The first-order valence-electron chi connectivity index (χ1n) is 11.8. The van der Waals surface area contributed by atoms with Crippen molar-refractivity contribution in [3.8, 4) is 5.69 Å². The molecule has 0 aliphatic heterocycles. The molecular weight excluding hydrogens is 433 g/mol. The number of rotatable bonds is 6. The minimum Gasteiger partial charge on any atom is -0.478 e. The van der Waals surface area contributed by atoms with Crippen LogP contribution in [0.15, 0.2) is 54.4 Å². The number of carboxylic acids is 1. The zero-order valence-electron chi connectivity index (χ0n) is 18.7. The first-order valence-corrected chi connectivity index (χ1v) is 11.8. The van der Waals surface area contributed by atoms with Crippen LogP contribution in [0, 0.1) is 17.2 Å². The number of nitrogens with zero attached hydrogens (tertiary/aromatic N) is 3. The highest BCUT2D eigenvalue weighted by Crippen LogP contribution is 2.66. The first-order chi connectivity index (χ1) is 16.4. The van der Waals surface area contributed by atoms with Gasteiger partial charge in [0, 0.05) is 11.6 Å². The van der Waals surface area contributed by atoms with E-state index in [-0.39, 0.29) is 16.8 Å². The summed E-state index contributed by atoms with van der Waals surface area (Å²) in [5, 5.41) is 26.3. The zero-order chi connectivity index (χ0) is 23.5. The van der Waals surface area contributed by atoms with Crippen LogP contribution in [0.25, 0.3) is 11.8 Å². The van der Waals surface area contributed by atoms with E-state index in [2.05, 4.69) is 16.2 Å². The number of aromatic carboxylic acids is 1. The molecule has 2 atom stereocenters. The second kappa shape index (κ2) is 7.60. The molecule has 6 rings (SSSR count). The number of aryl methyl sites for hydroxylation is 1. The Hall–Kier alpha value is -3.32. The van der Waals surface area contributed by atoms with E-state index in [9.17, 15) is 19.4 Å². The molecule has 3 aliphatic rings. The molecule has 2 heterocycles. The van der Waals surface area contributed by atoms with E-state index < -0.39 is 11.6 Å². The number of carbonyl (C=O) groups is 1. The number of benzene rings is 1. The molecule has 0 radical (unpaired) electrons. The van der Waals surface area contributed by atoms with Crippen LogP contribution in [0.1, 0.15) is 59.4 Å². The Bertz CT molecular complexity index is 1310. The van der Waals surface area contributed by atoms with E-state index >= 15 is 0 Å². The van der Waals surface area contributed by atoms with Crippen molar-refractivity contribution in [3.05, 3.63) is 82.7 Å². The summed E-state index contributed by atoms with van der Waals surface area (Å²) in [6.07, 6.45) is 10.9. The molecule has 3 aromatic rings. The number of pyridine rings is 1. The number of halogens is 1. The Labute approximate surface area is 196 Å². The summed E-state index contributed by atoms with van der Waals surface area (Å²) < 4.78 is 15.3. The predicted octanol–water partition coefficient (Wildman–Crippen LogP) is 4.60. The van der Waals surface area contributed by atoms with Crippen LogP contribution in [-0.4, -0.2) is 36.5 Å². The molecule has 0 spiro atoms. The van der Waals surface area contributed by atoms with E-state index in [4.69, 9.17) is 0 Å². The number of hydrogen-bond donors (Lipinski definition) is 2. The molecule has 0 bridgehead atoms. The minimum atomic E-state index is -0.991. The van der Waals surface area contributed by atoms with Gasteiger partial charge in [-0.1, -0.05) is 5.57 Å². The predicted molar refractivity (Wildman–Crippen MR) is 124 cm³/mol. The van der Waals surface area contributed by atoms with Gasteiger partial charge in [0.25, 0.3) is 0 Å². The Kier molecular flexibility index (Phi) is 4.74. The Morgan fingerprint density at radius 1 is 1.21 bits per heavy atom.